The molecule has 0 heterocycles. The summed E-state index contributed by atoms with van der Waals surface area (Å²) in [6.45, 7) is 2.46. The largest absolute Gasteiger partial charge is 0.472 e. The Labute approximate surface area is 539 Å². The average Bonchev–Trinajstić information content (AvgIpc) is 3.63. The number of phosphoric acid groups is 2. The van der Waals surface area contributed by atoms with Crippen LogP contribution in [0.25, 0.3) is 0 Å². The molecule has 0 aliphatic heterocycles. The molecule has 16 nitrogen and oxygen atoms in total. The van der Waals surface area contributed by atoms with Crippen molar-refractivity contribution >= 4 is 33.6 Å². The summed E-state index contributed by atoms with van der Waals surface area (Å²) in [5.41, 5.74) is 0. The summed E-state index contributed by atoms with van der Waals surface area (Å²) in [6, 6.07) is 0. The fraction of sp³-hybridized carbons (Fsp3) is 0.732. The minimum Gasteiger partial charge on any atom is -0.463 e. The van der Waals surface area contributed by atoms with Crippen LogP contribution < -0.4 is 0 Å². The molecule has 0 rings (SSSR count). The van der Waals surface area contributed by atoms with Crippen molar-refractivity contribution in [3.8, 4) is 0 Å². The van der Waals surface area contributed by atoms with E-state index in [-0.39, 0.29) is 19.3 Å². The first kappa shape index (κ1) is 85.5. The highest BCUT2D eigenvalue weighted by Gasteiger charge is 2.29. The van der Waals surface area contributed by atoms with Gasteiger partial charge in [-0.3, -0.25) is 32.5 Å². The van der Waals surface area contributed by atoms with Crippen LogP contribution in [0.2, 0.25) is 0 Å². The molecule has 0 fully saturated rings. The van der Waals surface area contributed by atoms with E-state index in [1.165, 1.54) is 64.2 Å². The molecular formula is C71H124O16P2. The van der Waals surface area contributed by atoms with Crippen molar-refractivity contribution in [3.63, 3.8) is 0 Å². The van der Waals surface area contributed by atoms with E-state index in [0.717, 1.165) is 154 Å². The monoisotopic (exact) mass is 1290 g/mol. The number of hydrogen-bond donors (Lipinski definition) is 4. The lowest BCUT2D eigenvalue weighted by atomic mass is 10.1. The number of rotatable bonds is 65. The summed E-state index contributed by atoms with van der Waals surface area (Å²) >= 11 is 0. The van der Waals surface area contributed by atoms with E-state index in [4.69, 9.17) is 32.3 Å². The first-order chi connectivity index (χ1) is 43.2. The molecule has 0 aromatic rings. The van der Waals surface area contributed by atoms with Gasteiger partial charge in [-0.25, -0.2) is 9.13 Å². The Kier molecular flexibility index (Phi) is 62.0. The molecule has 0 aliphatic rings. The van der Waals surface area contributed by atoms with Crippen LogP contribution in [0.1, 0.15) is 278 Å². The van der Waals surface area contributed by atoms with Crippen molar-refractivity contribution in [2.45, 2.75) is 296 Å². The zero-order valence-electron chi connectivity index (χ0n) is 55.6. The molecule has 18 heteroatoms. The lowest BCUT2D eigenvalue weighted by molar-refractivity contribution is -0.161. The third-order valence-corrected chi connectivity index (χ3v) is 16.2. The molecule has 0 saturated carbocycles. The molecule has 0 bridgehead atoms. The zero-order valence-corrected chi connectivity index (χ0v) is 57.4. The molecule has 5 unspecified atom stereocenters. The maximum Gasteiger partial charge on any atom is 0.472 e. The molecule has 0 spiro atoms. The van der Waals surface area contributed by atoms with Gasteiger partial charge in [-0.2, -0.15) is 0 Å². The second-order valence-electron chi connectivity index (χ2n) is 22.9. The zero-order chi connectivity index (χ0) is 65.3. The minimum atomic E-state index is -4.92. The predicted octanol–water partition coefficient (Wildman–Crippen LogP) is 19.1. The van der Waals surface area contributed by atoms with Gasteiger partial charge in [0.15, 0.2) is 6.10 Å². The number of esters is 3. The lowest BCUT2D eigenvalue weighted by Crippen LogP contribution is -2.30. The first-order valence-corrected chi connectivity index (χ1v) is 37.5. The van der Waals surface area contributed by atoms with E-state index in [2.05, 4.69) is 118 Å². The molecule has 514 valence electrons. The molecule has 89 heavy (non-hydrogen) atoms. The summed E-state index contributed by atoms with van der Waals surface area (Å²) in [4.78, 5) is 58.3. The molecule has 0 aliphatic carbocycles. The van der Waals surface area contributed by atoms with E-state index in [1.54, 1.807) is 0 Å². The highest BCUT2D eigenvalue weighted by molar-refractivity contribution is 7.47. The molecule has 0 saturated heterocycles. The first-order valence-electron chi connectivity index (χ1n) is 34.5. The summed E-state index contributed by atoms with van der Waals surface area (Å²) in [7, 11) is -9.77. The van der Waals surface area contributed by atoms with Gasteiger partial charge in [0.1, 0.15) is 25.4 Å². The normalized spacial score (nSPS) is 14.8. The summed E-state index contributed by atoms with van der Waals surface area (Å²) < 4.78 is 60.8. The van der Waals surface area contributed by atoms with Gasteiger partial charge in [0.25, 0.3) is 0 Å². The van der Waals surface area contributed by atoms with Crippen LogP contribution in [-0.4, -0.2) is 95.9 Å². The Bertz CT molecular complexity index is 2010. The van der Waals surface area contributed by atoms with Crippen LogP contribution in [0.4, 0.5) is 0 Å². The number of carbonyl (C=O) groups is 3. The fourth-order valence-electron chi connectivity index (χ4n) is 8.96. The van der Waals surface area contributed by atoms with Crippen molar-refractivity contribution in [2.24, 2.45) is 0 Å². The van der Waals surface area contributed by atoms with E-state index in [0.29, 0.717) is 19.3 Å². The molecule has 0 aromatic carbocycles. The topological polar surface area (TPSA) is 231 Å². The van der Waals surface area contributed by atoms with Crippen LogP contribution in [0.5, 0.6) is 0 Å². The van der Waals surface area contributed by atoms with Gasteiger partial charge < -0.3 is 34.2 Å². The number of allylic oxidation sites excluding steroid dienone is 16. The van der Waals surface area contributed by atoms with Crippen LogP contribution in [-0.2, 0) is 55.8 Å². The minimum absolute atomic E-state index is 0.0912. The summed E-state index contributed by atoms with van der Waals surface area (Å²) in [6.07, 6.45) is 70.4. The Morgan fingerprint density at radius 3 is 0.989 bits per heavy atom. The number of unbranched alkanes of at least 4 members (excludes halogenated alkanes) is 26. The Morgan fingerprint density at radius 1 is 0.326 bits per heavy atom. The average molecular weight is 1300 g/mol. The van der Waals surface area contributed by atoms with E-state index in [1.807, 2.05) is 0 Å². The Morgan fingerprint density at radius 2 is 0.607 bits per heavy atom. The summed E-state index contributed by atoms with van der Waals surface area (Å²) in [5.74, 6) is -1.60. The second-order valence-corrected chi connectivity index (χ2v) is 25.8. The fourth-order valence-corrected chi connectivity index (χ4v) is 10.5. The Balaban J connectivity index is 4.51. The SMILES string of the molecule is CC/C=C\C/C=C\C/C=C\CCCCCCCCCC(=O)OCC(COP(=O)(O)OCC(O)COP(=O)(O)OCC(O)COC(=O)CCCCCCCCCCC/C=C\C/C=C\C/C=C\C/C=C\CCCCC)OC(=O)CCCCCCC/C=C\CCCC. The quantitative estimate of drug-likeness (QED) is 0.0146. The molecule has 0 amide bonds. The van der Waals surface area contributed by atoms with Crippen molar-refractivity contribution in [1.29, 1.82) is 0 Å². The predicted molar refractivity (Wildman–Crippen MR) is 362 cm³/mol. The van der Waals surface area contributed by atoms with Gasteiger partial charge in [0.2, 0.25) is 0 Å². The molecule has 4 N–H and O–H groups in total. The van der Waals surface area contributed by atoms with E-state index >= 15 is 0 Å². The highest BCUT2D eigenvalue weighted by Crippen LogP contribution is 2.45. The van der Waals surface area contributed by atoms with E-state index in [9.17, 15) is 43.5 Å². The summed E-state index contributed by atoms with van der Waals surface area (Å²) in [5, 5.41) is 20.5. The number of hydrogen-bond acceptors (Lipinski definition) is 14. The third-order valence-electron chi connectivity index (χ3n) is 14.3. The Hall–Kier alpha value is -3.53. The van der Waals surface area contributed by atoms with Crippen molar-refractivity contribution in [2.75, 3.05) is 39.6 Å². The molecule has 5 atom stereocenters. The van der Waals surface area contributed by atoms with Crippen molar-refractivity contribution in [3.05, 3.63) is 97.2 Å². The van der Waals surface area contributed by atoms with Crippen molar-refractivity contribution in [1.82, 2.24) is 0 Å². The molecule has 0 aromatic heterocycles. The lowest BCUT2D eigenvalue weighted by Gasteiger charge is -2.21. The smallest absolute Gasteiger partial charge is 0.463 e. The second kappa shape index (κ2) is 64.6. The molecule has 0 radical (unpaired) electrons. The van der Waals surface area contributed by atoms with Gasteiger partial charge in [0.05, 0.1) is 26.4 Å². The maximum atomic E-state index is 12.9. The maximum absolute atomic E-state index is 12.9. The van der Waals surface area contributed by atoms with Gasteiger partial charge in [-0.05, 0) is 116 Å². The van der Waals surface area contributed by atoms with Gasteiger partial charge in [-0.1, -0.05) is 240 Å². The number of ether oxygens (including phenoxy) is 3. The van der Waals surface area contributed by atoms with Crippen LogP contribution in [0, 0.1) is 0 Å². The van der Waals surface area contributed by atoms with Crippen LogP contribution >= 0.6 is 15.6 Å². The number of carbonyl (C=O) groups excluding carboxylic acids is 3. The van der Waals surface area contributed by atoms with Gasteiger partial charge >= 0.3 is 33.6 Å². The molecular weight excluding hydrogens is 1170 g/mol. The van der Waals surface area contributed by atoms with Gasteiger partial charge in [0, 0.05) is 19.3 Å². The van der Waals surface area contributed by atoms with Crippen molar-refractivity contribution < 1.29 is 75.8 Å². The number of phosphoric ester groups is 2. The highest BCUT2D eigenvalue weighted by atomic mass is 31.2. The standard InChI is InChI=1S/C71H124O16P2/c1-4-7-10-13-16-19-22-24-26-28-29-30-31-32-33-34-35-37-39-40-43-45-48-51-54-57-69(74)81-60-66(72)61-83-88(77,78)84-62-67(73)63-85-89(79,80)86-65-68(87-71(76)59-56-53-50-47-42-21-18-15-12-9-6-3)64-82-70(75)58-55-52-49-46-44-41-38-36-27-25-23-20-17-14-11-8-5-2/h8,11,15-20,24-27,29-30,32-33,66-68,72-73H,4-7,9-10,12-14,21-23,28,31,34-65H2,1-3H3,(H,77,78)(H,79,80)/b11-8-,18-15-,19-16-,20-17-,26-24-,27-25-,30-29-,33-32-. The van der Waals surface area contributed by atoms with Crippen LogP contribution in [0.3, 0.4) is 0 Å². The number of aliphatic hydroxyl groups excluding tert-OH is 2. The van der Waals surface area contributed by atoms with E-state index < -0.39 is 91.5 Å². The number of aliphatic hydroxyl groups is 2. The third kappa shape index (κ3) is 65.8. The van der Waals surface area contributed by atoms with Crippen LogP contribution in [0.15, 0.2) is 97.2 Å². The van der Waals surface area contributed by atoms with Gasteiger partial charge in [-0.15, -0.1) is 0 Å².